The van der Waals surface area contributed by atoms with Crippen molar-refractivity contribution in [1.29, 1.82) is 0 Å². The lowest BCUT2D eigenvalue weighted by Gasteiger charge is -2.04. The summed E-state index contributed by atoms with van der Waals surface area (Å²) < 4.78 is 0.531. The predicted octanol–water partition coefficient (Wildman–Crippen LogP) is 4.60. The van der Waals surface area contributed by atoms with Gasteiger partial charge in [0, 0.05) is 5.75 Å². The number of hydrogen-bond acceptors (Lipinski definition) is 4. The maximum absolute atomic E-state index is 9.92. The first kappa shape index (κ1) is 18.7. The topological polar surface area (TPSA) is 38.3 Å². The molecule has 0 rings (SSSR count). The number of unbranched alkanes of at least 4 members (excludes halogenated alkanes) is 9. The smallest absolute Gasteiger partial charge is 0.320 e. The monoisotopic (exact) mass is 305 g/mol. The van der Waals surface area contributed by atoms with Gasteiger partial charge >= 0.3 is 6.47 Å². The average molecular weight is 306 g/mol. The largest absolute Gasteiger partial charge is 0.346 e. The van der Waals surface area contributed by atoms with E-state index in [4.69, 9.17) is 12.2 Å². The van der Waals surface area contributed by atoms with Gasteiger partial charge in [0.15, 0.2) is 4.32 Å². The van der Waals surface area contributed by atoms with Crippen LogP contribution in [0.4, 0.5) is 0 Å². The number of hydroxylamine groups is 1. The molecule has 0 aromatic heterocycles. The Balaban J connectivity index is 3.06. The van der Waals surface area contributed by atoms with Crippen LogP contribution in [0.5, 0.6) is 0 Å². The van der Waals surface area contributed by atoms with Crippen molar-refractivity contribution in [3.63, 3.8) is 0 Å². The van der Waals surface area contributed by atoms with Gasteiger partial charge in [-0.15, -0.1) is 0 Å². The number of thiocarbonyl (C=S) groups is 1. The summed E-state index contributed by atoms with van der Waals surface area (Å²) in [7, 11) is 0. The molecular weight excluding hydrogens is 278 g/mol. The highest BCUT2D eigenvalue weighted by atomic mass is 32.2. The zero-order valence-corrected chi connectivity index (χ0v) is 13.6. The number of carbonyl (C=O) groups excluding carboxylic acids is 1. The molecule has 1 N–H and O–H groups in total. The van der Waals surface area contributed by atoms with Crippen molar-refractivity contribution in [2.24, 2.45) is 0 Å². The van der Waals surface area contributed by atoms with Gasteiger partial charge in [-0.2, -0.15) is 0 Å². The molecule has 0 spiro atoms. The molecule has 3 nitrogen and oxygen atoms in total. The summed E-state index contributed by atoms with van der Waals surface area (Å²) in [5, 5.41) is 0. The van der Waals surface area contributed by atoms with Crippen LogP contribution in [-0.2, 0) is 9.63 Å². The molecule has 0 atom stereocenters. The summed E-state index contributed by atoms with van der Waals surface area (Å²) in [5.41, 5.74) is 2.39. The third-order valence-corrected chi connectivity index (χ3v) is 4.20. The van der Waals surface area contributed by atoms with E-state index in [9.17, 15) is 4.79 Å². The second-order valence-corrected chi connectivity index (χ2v) is 6.41. The van der Waals surface area contributed by atoms with Gasteiger partial charge in [-0.1, -0.05) is 76.5 Å². The second-order valence-electron chi connectivity index (χ2n) is 4.63. The summed E-state index contributed by atoms with van der Waals surface area (Å²) in [6.45, 7) is 2.59. The molecule has 0 aliphatic rings. The Bertz CT molecular complexity index is 225. The van der Waals surface area contributed by atoms with Crippen LogP contribution in [0.2, 0.25) is 0 Å². The Morgan fingerprint density at radius 2 is 1.58 bits per heavy atom. The molecule has 0 amide bonds. The molecule has 19 heavy (non-hydrogen) atoms. The Morgan fingerprint density at radius 3 is 2.11 bits per heavy atom. The molecule has 0 aromatic rings. The Hall–Kier alpha value is -0.290. The Labute approximate surface area is 127 Å². The van der Waals surface area contributed by atoms with Crippen molar-refractivity contribution in [3.05, 3.63) is 0 Å². The molecule has 0 aliphatic heterocycles. The Morgan fingerprint density at radius 1 is 1.05 bits per heavy atom. The van der Waals surface area contributed by atoms with Crippen LogP contribution >= 0.6 is 24.0 Å². The second kappa shape index (κ2) is 15.8. The fourth-order valence-electron chi connectivity index (χ4n) is 1.86. The average Bonchev–Trinajstić information content (AvgIpc) is 2.42. The van der Waals surface area contributed by atoms with Crippen LogP contribution in [-0.4, -0.2) is 16.5 Å². The van der Waals surface area contributed by atoms with Crippen LogP contribution in [0.25, 0.3) is 0 Å². The normalized spacial score (nSPS) is 10.2. The lowest BCUT2D eigenvalue weighted by molar-refractivity contribution is -0.132. The highest BCUT2D eigenvalue weighted by Crippen LogP contribution is 2.12. The quantitative estimate of drug-likeness (QED) is 0.233. The van der Waals surface area contributed by atoms with Gasteiger partial charge in [-0.3, -0.25) is 4.79 Å². The van der Waals surface area contributed by atoms with Gasteiger partial charge in [0.25, 0.3) is 0 Å². The van der Waals surface area contributed by atoms with Gasteiger partial charge in [0.05, 0.1) is 0 Å². The highest BCUT2D eigenvalue weighted by molar-refractivity contribution is 8.22. The summed E-state index contributed by atoms with van der Waals surface area (Å²) in [6.07, 6.45) is 13.4. The maximum atomic E-state index is 9.92. The minimum Gasteiger partial charge on any atom is -0.346 e. The van der Waals surface area contributed by atoms with E-state index in [-0.39, 0.29) is 0 Å². The van der Waals surface area contributed by atoms with Crippen LogP contribution in [0, 0.1) is 0 Å². The Kier molecular flexibility index (Phi) is 15.5. The third kappa shape index (κ3) is 15.7. The molecular formula is C14H27NO2S2. The first-order valence-electron chi connectivity index (χ1n) is 7.33. The number of carbonyl (C=O) groups is 1. The first-order chi connectivity index (χ1) is 9.31. The zero-order valence-electron chi connectivity index (χ0n) is 12.0. The van der Waals surface area contributed by atoms with E-state index in [1.54, 1.807) is 0 Å². The van der Waals surface area contributed by atoms with Crippen molar-refractivity contribution in [3.8, 4) is 0 Å². The molecule has 0 unspecified atom stereocenters. The molecule has 0 heterocycles. The van der Waals surface area contributed by atoms with Crippen LogP contribution < -0.4 is 5.48 Å². The molecule has 0 aromatic carbocycles. The van der Waals surface area contributed by atoms with E-state index in [1.807, 2.05) is 0 Å². The van der Waals surface area contributed by atoms with Gasteiger partial charge in [-0.25, -0.2) is 5.48 Å². The minimum absolute atomic E-state index is 0.341. The van der Waals surface area contributed by atoms with E-state index < -0.39 is 0 Å². The standard InChI is InChI=1S/C14H27NO2S2/c1-2-3-4-5-6-7-8-9-10-11-12-19-14(18)15-17-13-16/h13H,2-12H2,1H3,(H,15,18). The lowest BCUT2D eigenvalue weighted by Crippen LogP contribution is -2.18. The fourth-order valence-corrected chi connectivity index (χ4v) is 2.80. The number of rotatable bonds is 13. The molecule has 0 bridgehead atoms. The van der Waals surface area contributed by atoms with Crippen molar-refractivity contribution in [2.45, 2.75) is 71.1 Å². The van der Waals surface area contributed by atoms with E-state index in [0.29, 0.717) is 10.8 Å². The number of thioether (sulfide) groups is 1. The van der Waals surface area contributed by atoms with Gasteiger partial charge in [0.2, 0.25) is 0 Å². The molecule has 112 valence electrons. The van der Waals surface area contributed by atoms with Crippen molar-refractivity contribution >= 4 is 34.8 Å². The summed E-state index contributed by atoms with van der Waals surface area (Å²) >= 11 is 6.49. The number of nitrogens with one attached hydrogen (secondary N) is 1. The van der Waals surface area contributed by atoms with E-state index in [1.165, 1.54) is 76.0 Å². The molecule has 0 aliphatic carbocycles. The summed E-state index contributed by atoms with van der Waals surface area (Å²) in [5.74, 6) is 0.991. The van der Waals surface area contributed by atoms with Crippen molar-refractivity contribution in [2.75, 3.05) is 5.75 Å². The van der Waals surface area contributed by atoms with Crippen LogP contribution in [0.15, 0.2) is 0 Å². The van der Waals surface area contributed by atoms with Crippen molar-refractivity contribution < 1.29 is 9.63 Å². The van der Waals surface area contributed by atoms with Crippen molar-refractivity contribution in [1.82, 2.24) is 5.48 Å². The minimum atomic E-state index is 0.341. The lowest BCUT2D eigenvalue weighted by atomic mass is 10.1. The molecule has 0 fully saturated rings. The maximum Gasteiger partial charge on any atom is 0.320 e. The fraction of sp³-hybridized carbons (Fsp3) is 0.857. The summed E-state index contributed by atoms with van der Waals surface area (Å²) in [6, 6.07) is 0. The van der Waals surface area contributed by atoms with Crippen LogP contribution in [0.1, 0.15) is 71.1 Å². The zero-order chi connectivity index (χ0) is 14.2. The first-order valence-corrected chi connectivity index (χ1v) is 8.72. The highest BCUT2D eigenvalue weighted by Gasteiger charge is 1.97. The third-order valence-electron chi connectivity index (χ3n) is 2.92. The van der Waals surface area contributed by atoms with E-state index in [0.717, 1.165) is 5.75 Å². The molecule has 5 heteroatoms. The predicted molar refractivity (Wildman–Crippen MR) is 87.2 cm³/mol. The summed E-state index contributed by atoms with van der Waals surface area (Å²) in [4.78, 5) is 14.3. The molecule has 0 saturated heterocycles. The molecule has 0 radical (unpaired) electrons. The van der Waals surface area contributed by atoms with E-state index in [2.05, 4.69) is 17.2 Å². The number of hydrogen-bond donors (Lipinski definition) is 1. The van der Waals surface area contributed by atoms with E-state index >= 15 is 0 Å². The van der Waals surface area contributed by atoms with Gasteiger partial charge in [0.1, 0.15) is 0 Å². The van der Waals surface area contributed by atoms with Gasteiger partial charge in [-0.05, 0) is 18.6 Å². The van der Waals surface area contributed by atoms with Gasteiger partial charge < -0.3 is 4.84 Å². The van der Waals surface area contributed by atoms with Crippen LogP contribution in [0.3, 0.4) is 0 Å². The molecule has 0 saturated carbocycles. The SMILES string of the molecule is CCCCCCCCCCCCSC(=S)NOC=O.